The first kappa shape index (κ1) is 32.2. The highest BCUT2D eigenvalue weighted by Crippen LogP contribution is 2.33. The van der Waals surface area contributed by atoms with Gasteiger partial charge in [0.1, 0.15) is 18.3 Å². The quantitative estimate of drug-likeness (QED) is 0.281. The number of amides is 2. The van der Waals surface area contributed by atoms with E-state index < -0.39 is 28.5 Å². The lowest BCUT2D eigenvalue weighted by atomic mass is 10.1. The number of nitrogens with one attached hydrogen (secondary N) is 1. The Hall–Kier alpha value is -3.27. The van der Waals surface area contributed by atoms with Gasteiger partial charge in [-0.15, -0.1) is 0 Å². The molecule has 0 aliphatic carbocycles. The third kappa shape index (κ3) is 7.93. The van der Waals surface area contributed by atoms with E-state index in [0.717, 1.165) is 9.87 Å². The predicted molar refractivity (Wildman–Crippen MR) is 163 cm³/mol. The summed E-state index contributed by atoms with van der Waals surface area (Å²) in [7, 11) is -2.81. The summed E-state index contributed by atoms with van der Waals surface area (Å²) in [6.45, 7) is 7.03. The Bertz CT molecular complexity index is 1460. The summed E-state index contributed by atoms with van der Waals surface area (Å²) in [6.07, 6.45) is 0. The van der Waals surface area contributed by atoms with Gasteiger partial charge >= 0.3 is 0 Å². The Labute approximate surface area is 252 Å². The number of benzene rings is 3. The van der Waals surface area contributed by atoms with Crippen molar-refractivity contribution in [1.29, 1.82) is 0 Å². The van der Waals surface area contributed by atoms with Crippen molar-refractivity contribution in [3.05, 3.63) is 87.9 Å². The summed E-state index contributed by atoms with van der Waals surface area (Å²) in [6, 6.07) is 16.9. The number of para-hydroxylation sites is 2. The highest BCUT2D eigenvalue weighted by Gasteiger charge is 2.34. The zero-order chi connectivity index (χ0) is 30.3. The summed E-state index contributed by atoms with van der Waals surface area (Å²) in [5, 5.41) is 3.48. The molecule has 0 bridgehead atoms. The number of aryl methyl sites for hydroxylation is 1. The summed E-state index contributed by atoms with van der Waals surface area (Å²) in [5.74, 6) is -0.566. The molecule has 3 rings (SSSR count). The fourth-order valence-corrected chi connectivity index (χ4v) is 6.02. The van der Waals surface area contributed by atoms with E-state index in [2.05, 4.69) is 5.32 Å². The molecule has 0 radical (unpaired) electrons. The molecule has 1 N–H and O–H groups in total. The predicted octanol–water partition coefficient (Wildman–Crippen LogP) is 5.70. The van der Waals surface area contributed by atoms with E-state index in [0.29, 0.717) is 22.2 Å². The molecule has 220 valence electrons. The number of hydrogen-bond donors (Lipinski definition) is 1. The van der Waals surface area contributed by atoms with Crippen LogP contribution >= 0.6 is 23.2 Å². The van der Waals surface area contributed by atoms with Crippen molar-refractivity contribution in [3.63, 3.8) is 0 Å². The highest BCUT2D eigenvalue weighted by molar-refractivity contribution is 7.92. The minimum Gasteiger partial charge on any atom is -0.495 e. The van der Waals surface area contributed by atoms with Gasteiger partial charge in [0.15, 0.2) is 0 Å². The van der Waals surface area contributed by atoms with Gasteiger partial charge in [0.2, 0.25) is 11.8 Å². The molecule has 2 amide bonds. The second-order valence-electron chi connectivity index (χ2n) is 10.0. The SMILES string of the molecule is COc1ccccc1N(CC(=O)N(Cc1c(Cl)cccc1Cl)[C@H](C)C(=O)NCC(C)C)S(=O)(=O)c1ccc(C)cc1. The van der Waals surface area contributed by atoms with Gasteiger partial charge in [-0.1, -0.05) is 72.9 Å². The molecule has 1 atom stereocenters. The third-order valence-electron chi connectivity index (χ3n) is 6.48. The van der Waals surface area contributed by atoms with Crippen molar-refractivity contribution in [3.8, 4) is 5.75 Å². The van der Waals surface area contributed by atoms with E-state index in [1.807, 2.05) is 20.8 Å². The molecule has 0 saturated heterocycles. The number of anilines is 1. The average Bonchev–Trinajstić information content (AvgIpc) is 2.94. The number of halogens is 2. The first-order valence-electron chi connectivity index (χ1n) is 13.1. The Morgan fingerprint density at radius 3 is 2.12 bits per heavy atom. The normalized spacial score (nSPS) is 12.1. The first-order chi connectivity index (χ1) is 19.4. The molecule has 3 aromatic carbocycles. The van der Waals surface area contributed by atoms with Crippen LogP contribution in [0.4, 0.5) is 5.69 Å². The number of carbonyl (C=O) groups excluding carboxylic acids is 2. The minimum absolute atomic E-state index is 0.00484. The molecule has 0 aliphatic heterocycles. The van der Waals surface area contributed by atoms with Gasteiger partial charge < -0.3 is 15.0 Å². The van der Waals surface area contributed by atoms with Gasteiger partial charge in [-0.3, -0.25) is 13.9 Å². The van der Waals surface area contributed by atoms with Crippen LogP contribution in [0.3, 0.4) is 0 Å². The number of sulfonamides is 1. The van der Waals surface area contributed by atoms with E-state index in [9.17, 15) is 18.0 Å². The lowest BCUT2D eigenvalue weighted by Gasteiger charge is -2.32. The lowest BCUT2D eigenvalue weighted by Crippen LogP contribution is -2.51. The fraction of sp³-hybridized carbons (Fsp3) is 0.333. The summed E-state index contributed by atoms with van der Waals surface area (Å²) < 4.78 is 34.4. The van der Waals surface area contributed by atoms with E-state index in [1.165, 1.54) is 24.1 Å². The van der Waals surface area contributed by atoms with E-state index in [4.69, 9.17) is 27.9 Å². The topological polar surface area (TPSA) is 96.0 Å². The Balaban J connectivity index is 2.09. The van der Waals surface area contributed by atoms with Crippen molar-refractivity contribution >= 4 is 50.7 Å². The molecular formula is C30H35Cl2N3O5S. The number of hydrogen-bond acceptors (Lipinski definition) is 5. The molecule has 0 aliphatic rings. The molecule has 41 heavy (non-hydrogen) atoms. The van der Waals surface area contributed by atoms with E-state index in [1.54, 1.807) is 61.5 Å². The largest absolute Gasteiger partial charge is 0.495 e. The summed E-state index contributed by atoms with van der Waals surface area (Å²) >= 11 is 12.9. The van der Waals surface area contributed by atoms with Crippen LogP contribution in [0.5, 0.6) is 5.75 Å². The van der Waals surface area contributed by atoms with Gasteiger partial charge in [-0.2, -0.15) is 0 Å². The Morgan fingerprint density at radius 2 is 1.54 bits per heavy atom. The molecular weight excluding hydrogens is 585 g/mol. The number of rotatable bonds is 12. The minimum atomic E-state index is -4.24. The number of methoxy groups -OCH3 is 1. The number of carbonyl (C=O) groups is 2. The summed E-state index contributed by atoms with van der Waals surface area (Å²) in [5.41, 5.74) is 1.50. The van der Waals surface area contributed by atoms with Crippen molar-refractivity contribution < 1.29 is 22.7 Å². The van der Waals surface area contributed by atoms with Crippen LogP contribution in [0.2, 0.25) is 10.0 Å². The second kappa shape index (κ2) is 14.1. The number of nitrogens with zero attached hydrogens (tertiary/aromatic N) is 2. The van der Waals surface area contributed by atoms with Crippen LogP contribution in [0.25, 0.3) is 0 Å². The average molecular weight is 621 g/mol. The van der Waals surface area contributed by atoms with Crippen LogP contribution < -0.4 is 14.4 Å². The smallest absolute Gasteiger partial charge is 0.264 e. The van der Waals surface area contributed by atoms with Gasteiger partial charge in [0.25, 0.3) is 10.0 Å². The Kier molecular flexibility index (Phi) is 11.1. The van der Waals surface area contributed by atoms with Crippen LogP contribution in [-0.4, -0.2) is 51.4 Å². The molecule has 8 nitrogen and oxygen atoms in total. The lowest BCUT2D eigenvalue weighted by molar-refractivity contribution is -0.139. The van der Waals surface area contributed by atoms with Crippen molar-refractivity contribution in [2.24, 2.45) is 5.92 Å². The summed E-state index contributed by atoms with van der Waals surface area (Å²) in [4.78, 5) is 28.5. The standard InChI is InChI=1S/C30H35Cl2N3O5S/c1-20(2)17-33-30(37)22(4)34(18-24-25(31)9-8-10-26(24)32)29(36)19-35(27-11-6-7-12-28(27)40-5)41(38,39)23-15-13-21(3)14-16-23/h6-16,20,22H,17-19H2,1-5H3,(H,33,37)/t22-/m1/s1. The maximum absolute atomic E-state index is 14.1. The van der Waals surface area contributed by atoms with E-state index >= 15 is 0 Å². The molecule has 0 spiro atoms. The molecule has 0 heterocycles. The van der Waals surface area contributed by atoms with Gasteiger partial charge in [-0.05, 0) is 56.2 Å². The molecule has 0 saturated carbocycles. The fourth-order valence-electron chi connectivity index (χ4n) is 4.08. The maximum atomic E-state index is 14.1. The molecule has 0 fully saturated rings. The maximum Gasteiger partial charge on any atom is 0.264 e. The molecule has 3 aromatic rings. The van der Waals surface area contributed by atoms with Crippen molar-refractivity contribution in [2.75, 3.05) is 24.5 Å². The second-order valence-corrected chi connectivity index (χ2v) is 12.7. The molecule has 0 aromatic heterocycles. The van der Waals surface area contributed by atoms with Gasteiger partial charge in [0.05, 0.1) is 17.7 Å². The van der Waals surface area contributed by atoms with Crippen LogP contribution in [0, 0.1) is 12.8 Å². The van der Waals surface area contributed by atoms with E-state index in [-0.39, 0.29) is 34.7 Å². The monoisotopic (exact) mass is 619 g/mol. The van der Waals surface area contributed by atoms with Gasteiger partial charge in [-0.25, -0.2) is 8.42 Å². The van der Waals surface area contributed by atoms with Crippen molar-refractivity contribution in [1.82, 2.24) is 10.2 Å². The third-order valence-corrected chi connectivity index (χ3v) is 8.97. The highest BCUT2D eigenvalue weighted by atomic mass is 35.5. The molecule has 0 unspecified atom stereocenters. The zero-order valence-corrected chi connectivity index (χ0v) is 26.1. The van der Waals surface area contributed by atoms with Crippen LogP contribution in [0.15, 0.2) is 71.6 Å². The number of ether oxygens (including phenoxy) is 1. The molecule has 11 heteroatoms. The zero-order valence-electron chi connectivity index (χ0n) is 23.7. The first-order valence-corrected chi connectivity index (χ1v) is 15.3. The van der Waals surface area contributed by atoms with Crippen LogP contribution in [0.1, 0.15) is 31.9 Å². The van der Waals surface area contributed by atoms with Gasteiger partial charge in [0, 0.05) is 28.7 Å². The van der Waals surface area contributed by atoms with Crippen LogP contribution in [-0.2, 0) is 26.2 Å². The van der Waals surface area contributed by atoms with Crippen molar-refractivity contribution in [2.45, 2.75) is 45.2 Å². The Morgan fingerprint density at radius 1 is 0.927 bits per heavy atom.